The zero-order valence-corrected chi connectivity index (χ0v) is 12.5. The van der Waals surface area contributed by atoms with E-state index in [4.69, 9.17) is 4.74 Å². The van der Waals surface area contributed by atoms with E-state index in [1.807, 2.05) is 75.4 Å². The van der Waals surface area contributed by atoms with Crippen molar-refractivity contribution in [1.29, 1.82) is 0 Å². The zero-order valence-electron chi connectivity index (χ0n) is 12.5. The Bertz CT molecular complexity index is 673. The molecule has 1 amide bonds. The van der Waals surface area contributed by atoms with E-state index in [1.165, 1.54) is 0 Å². The lowest BCUT2D eigenvalue weighted by atomic mass is 9.86. The van der Waals surface area contributed by atoms with E-state index in [0.717, 1.165) is 16.8 Å². The van der Waals surface area contributed by atoms with Crippen molar-refractivity contribution in [2.75, 3.05) is 5.32 Å². The van der Waals surface area contributed by atoms with Gasteiger partial charge in [-0.25, -0.2) is 0 Å². The number of carbonyl (C=O) groups excluding carboxylic acids is 1. The fraction of sp³-hybridized carbons (Fsp3) is 0.278. The molecule has 3 nitrogen and oxygen atoms in total. The fourth-order valence-corrected chi connectivity index (χ4v) is 2.81. The van der Waals surface area contributed by atoms with Crippen molar-refractivity contribution in [2.45, 2.75) is 32.0 Å². The predicted molar refractivity (Wildman–Crippen MR) is 83.1 cm³/mol. The normalized spacial score (nSPS) is 21.0. The molecule has 1 heterocycles. The lowest BCUT2D eigenvalue weighted by Gasteiger charge is -2.35. The van der Waals surface area contributed by atoms with Gasteiger partial charge in [0, 0.05) is 11.3 Å². The van der Waals surface area contributed by atoms with Crippen molar-refractivity contribution in [2.24, 2.45) is 0 Å². The smallest absolute Gasteiger partial charge is 0.266 e. The second-order valence-electron chi connectivity index (χ2n) is 6.26. The van der Waals surface area contributed by atoms with Gasteiger partial charge >= 0.3 is 0 Å². The number of rotatable bonds is 2. The minimum Gasteiger partial charge on any atom is -0.350 e. The fourth-order valence-electron chi connectivity index (χ4n) is 2.81. The van der Waals surface area contributed by atoms with Crippen LogP contribution in [-0.2, 0) is 15.1 Å². The van der Waals surface area contributed by atoms with E-state index in [1.54, 1.807) is 0 Å². The first-order valence-corrected chi connectivity index (χ1v) is 7.10. The minimum atomic E-state index is -1.09. The van der Waals surface area contributed by atoms with Gasteiger partial charge in [-0.15, -0.1) is 0 Å². The number of ether oxygens (including phenoxy) is 1. The molecule has 0 aliphatic carbocycles. The SMILES string of the molecule is CC(C)(C)O[C@@]1(c2ccccc2)C(=O)Nc2ccccc21. The summed E-state index contributed by atoms with van der Waals surface area (Å²) in [6.07, 6.45) is 0. The van der Waals surface area contributed by atoms with Crippen LogP contribution in [0.2, 0.25) is 0 Å². The number of amides is 1. The number of fused-ring (bicyclic) bond motifs is 1. The van der Waals surface area contributed by atoms with Gasteiger partial charge in [0.1, 0.15) is 0 Å². The highest BCUT2D eigenvalue weighted by Crippen LogP contribution is 2.45. The standard InChI is InChI=1S/C18H19NO2/c1-17(2,3)21-18(13-9-5-4-6-10-13)14-11-7-8-12-15(14)19-16(18)20/h4-12H,1-3H3,(H,19,20)/t18-/m1/s1. The van der Waals surface area contributed by atoms with Crippen molar-refractivity contribution in [3.63, 3.8) is 0 Å². The van der Waals surface area contributed by atoms with Crippen molar-refractivity contribution in [3.8, 4) is 0 Å². The van der Waals surface area contributed by atoms with Gasteiger partial charge in [-0.05, 0) is 32.4 Å². The van der Waals surface area contributed by atoms with Crippen molar-refractivity contribution in [1.82, 2.24) is 0 Å². The summed E-state index contributed by atoms with van der Waals surface area (Å²) in [6, 6.07) is 17.4. The van der Waals surface area contributed by atoms with Crippen molar-refractivity contribution < 1.29 is 9.53 Å². The van der Waals surface area contributed by atoms with Crippen LogP contribution in [-0.4, -0.2) is 11.5 Å². The van der Waals surface area contributed by atoms with Gasteiger partial charge in [-0.3, -0.25) is 4.79 Å². The van der Waals surface area contributed by atoms with Crippen LogP contribution in [0.4, 0.5) is 5.69 Å². The predicted octanol–water partition coefficient (Wildman–Crippen LogP) is 3.70. The van der Waals surface area contributed by atoms with Crippen LogP contribution in [0.3, 0.4) is 0 Å². The Hall–Kier alpha value is -2.13. The molecule has 108 valence electrons. The third kappa shape index (κ3) is 2.24. The molecule has 0 unspecified atom stereocenters. The third-order valence-corrected chi connectivity index (χ3v) is 3.51. The Labute approximate surface area is 124 Å². The van der Waals surface area contributed by atoms with E-state index >= 15 is 0 Å². The summed E-state index contributed by atoms with van der Waals surface area (Å²) in [6.45, 7) is 5.89. The first kappa shape index (κ1) is 13.8. The molecule has 0 aromatic heterocycles. The van der Waals surface area contributed by atoms with Crippen LogP contribution >= 0.6 is 0 Å². The molecule has 0 saturated heterocycles. The number of nitrogens with one attached hydrogen (secondary N) is 1. The Morgan fingerprint density at radius 1 is 0.952 bits per heavy atom. The van der Waals surface area contributed by atoms with Gasteiger partial charge in [0.15, 0.2) is 5.60 Å². The molecule has 1 N–H and O–H groups in total. The Balaban J connectivity index is 2.25. The summed E-state index contributed by atoms with van der Waals surface area (Å²) < 4.78 is 6.30. The molecule has 21 heavy (non-hydrogen) atoms. The van der Waals surface area contributed by atoms with E-state index in [2.05, 4.69) is 5.32 Å². The lowest BCUT2D eigenvalue weighted by molar-refractivity contribution is -0.153. The third-order valence-electron chi connectivity index (χ3n) is 3.51. The van der Waals surface area contributed by atoms with Gasteiger partial charge in [-0.1, -0.05) is 48.5 Å². The summed E-state index contributed by atoms with van der Waals surface area (Å²) in [7, 11) is 0. The van der Waals surface area contributed by atoms with Crippen LogP contribution < -0.4 is 5.32 Å². The van der Waals surface area contributed by atoms with E-state index in [9.17, 15) is 4.79 Å². The van der Waals surface area contributed by atoms with Gasteiger partial charge in [0.05, 0.1) is 5.60 Å². The molecule has 3 heteroatoms. The van der Waals surface area contributed by atoms with Gasteiger partial charge in [0.25, 0.3) is 5.91 Å². The van der Waals surface area contributed by atoms with Crippen LogP contribution in [0, 0.1) is 0 Å². The maximum atomic E-state index is 12.8. The average Bonchev–Trinajstić information content (AvgIpc) is 2.72. The van der Waals surface area contributed by atoms with Crippen molar-refractivity contribution in [3.05, 3.63) is 65.7 Å². The number of anilines is 1. The zero-order chi connectivity index (χ0) is 15.1. The summed E-state index contributed by atoms with van der Waals surface area (Å²) in [4.78, 5) is 12.8. The Morgan fingerprint density at radius 2 is 1.57 bits per heavy atom. The summed E-state index contributed by atoms with van der Waals surface area (Å²) >= 11 is 0. The number of carbonyl (C=O) groups is 1. The first-order valence-electron chi connectivity index (χ1n) is 7.10. The average molecular weight is 281 g/mol. The molecule has 3 rings (SSSR count). The molecule has 0 radical (unpaired) electrons. The van der Waals surface area contributed by atoms with Crippen LogP contribution in [0.1, 0.15) is 31.9 Å². The van der Waals surface area contributed by atoms with Crippen LogP contribution in [0.15, 0.2) is 54.6 Å². The molecular formula is C18H19NO2. The monoisotopic (exact) mass is 281 g/mol. The topological polar surface area (TPSA) is 38.3 Å². The first-order chi connectivity index (χ1) is 9.93. The molecule has 0 spiro atoms. The van der Waals surface area contributed by atoms with E-state index in [0.29, 0.717) is 0 Å². The molecule has 2 aromatic carbocycles. The quantitative estimate of drug-likeness (QED) is 0.911. The van der Waals surface area contributed by atoms with Gasteiger partial charge < -0.3 is 10.1 Å². The summed E-state index contributed by atoms with van der Waals surface area (Å²) in [5, 5.41) is 2.95. The second-order valence-corrected chi connectivity index (χ2v) is 6.26. The number of benzene rings is 2. The molecule has 1 aliphatic rings. The van der Waals surface area contributed by atoms with E-state index in [-0.39, 0.29) is 5.91 Å². The highest BCUT2D eigenvalue weighted by molar-refractivity contribution is 6.07. The molecule has 1 aliphatic heterocycles. The molecule has 0 bridgehead atoms. The summed E-state index contributed by atoms with van der Waals surface area (Å²) in [5.74, 6) is -0.134. The molecule has 2 aromatic rings. The maximum absolute atomic E-state index is 12.8. The van der Waals surface area contributed by atoms with Gasteiger partial charge in [-0.2, -0.15) is 0 Å². The molecule has 1 atom stereocenters. The van der Waals surface area contributed by atoms with Crippen LogP contribution in [0.5, 0.6) is 0 Å². The summed E-state index contributed by atoms with van der Waals surface area (Å²) in [5.41, 5.74) is 0.995. The Morgan fingerprint density at radius 3 is 2.24 bits per heavy atom. The second kappa shape index (κ2) is 4.71. The van der Waals surface area contributed by atoms with E-state index < -0.39 is 11.2 Å². The Kier molecular flexibility index (Phi) is 3.10. The number of para-hydroxylation sites is 1. The highest BCUT2D eigenvalue weighted by Gasteiger charge is 2.51. The molecule has 0 fully saturated rings. The largest absolute Gasteiger partial charge is 0.350 e. The minimum absolute atomic E-state index is 0.134. The number of hydrogen-bond acceptors (Lipinski definition) is 2. The maximum Gasteiger partial charge on any atom is 0.266 e. The highest BCUT2D eigenvalue weighted by atomic mass is 16.5. The molecule has 0 saturated carbocycles. The lowest BCUT2D eigenvalue weighted by Crippen LogP contribution is -2.44. The number of hydrogen-bond donors (Lipinski definition) is 1. The van der Waals surface area contributed by atoms with Crippen LogP contribution in [0.25, 0.3) is 0 Å². The molecular weight excluding hydrogens is 262 g/mol. The van der Waals surface area contributed by atoms with Gasteiger partial charge in [0.2, 0.25) is 0 Å². The van der Waals surface area contributed by atoms with Crippen molar-refractivity contribution >= 4 is 11.6 Å².